The molecule has 0 aliphatic carbocycles. The van der Waals surface area contributed by atoms with Crippen LogP contribution in [0.25, 0.3) is 11.0 Å². The summed E-state index contributed by atoms with van der Waals surface area (Å²) in [6.07, 6.45) is 6.87. The summed E-state index contributed by atoms with van der Waals surface area (Å²) in [5.74, 6) is 1.27. The Balaban J connectivity index is 1.51. The molecule has 0 fully saturated rings. The number of pyridine rings is 1. The van der Waals surface area contributed by atoms with E-state index in [2.05, 4.69) is 24.4 Å². The number of nitrogens with one attached hydrogen (secondary N) is 1. The molecule has 0 amide bonds. The first-order chi connectivity index (χ1) is 11.9. The summed E-state index contributed by atoms with van der Waals surface area (Å²) in [6, 6.07) is 1.64. The van der Waals surface area contributed by atoms with Crippen molar-refractivity contribution < 1.29 is 8.42 Å². The van der Waals surface area contributed by atoms with E-state index in [1.54, 1.807) is 24.0 Å². The zero-order chi connectivity index (χ0) is 17.6. The number of imidazole rings is 1. The van der Waals surface area contributed by atoms with Crippen molar-refractivity contribution in [2.75, 3.05) is 6.54 Å². The second kappa shape index (κ2) is 5.92. The molecule has 25 heavy (non-hydrogen) atoms. The van der Waals surface area contributed by atoms with Crippen LogP contribution in [-0.4, -0.2) is 39.3 Å². The predicted molar refractivity (Wildman–Crippen MR) is 92.5 cm³/mol. The average molecular weight is 360 g/mol. The Labute approximate surface area is 145 Å². The van der Waals surface area contributed by atoms with Crippen LogP contribution in [0.5, 0.6) is 0 Å². The van der Waals surface area contributed by atoms with E-state index in [0.29, 0.717) is 12.2 Å². The van der Waals surface area contributed by atoms with Crippen molar-refractivity contribution >= 4 is 21.1 Å². The second-order valence-electron chi connectivity index (χ2n) is 6.50. The third kappa shape index (κ3) is 2.93. The van der Waals surface area contributed by atoms with E-state index in [1.807, 2.05) is 13.1 Å². The fourth-order valence-electron chi connectivity index (χ4n) is 3.34. The highest BCUT2D eigenvalue weighted by atomic mass is 32.2. The van der Waals surface area contributed by atoms with Crippen LogP contribution in [-0.2, 0) is 30.0 Å². The van der Waals surface area contributed by atoms with Gasteiger partial charge >= 0.3 is 0 Å². The zero-order valence-electron chi connectivity index (χ0n) is 14.2. The van der Waals surface area contributed by atoms with E-state index in [4.69, 9.17) is 0 Å². The van der Waals surface area contributed by atoms with Gasteiger partial charge in [-0.3, -0.25) is 4.68 Å². The summed E-state index contributed by atoms with van der Waals surface area (Å²) < 4.78 is 31.8. The molecule has 0 spiro atoms. The minimum Gasteiger partial charge on any atom is -0.335 e. The number of aromatic nitrogens is 5. The number of fused-ring (bicyclic) bond motifs is 2. The van der Waals surface area contributed by atoms with Crippen LogP contribution < -0.4 is 4.72 Å². The third-order valence-corrected chi connectivity index (χ3v) is 6.15. The lowest BCUT2D eigenvalue weighted by Crippen LogP contribution is -2.33. The molecule has 0 aromatic carbocycles. The summed E-state index contributed by atoms with van der Waals surface area (Å²) in [6.45, 7) is 3.13. The van der Waals surface area contributed by atoms with Gasteiger partial charge in [-0.2, -0.15) is 5.10 Å². The summed E-state index contributed by atoms with van der Waals surface area (Å²) in [7, 11) is -1.81. The largest absolute Gasteiger partial charge is 0.335 e. The topological polar surface area (TPSA) is 94.7 Å². The number of nitrogens with zero attached hydrogens (tertiary/aromatic N) is 5. The number of sulfonamides is 1. The fourth-order valence-corrected chi connectivity index (χ4v) is 4.42. The van der Waals surface area contributed by atoms with Crippen LogP contribution in [0.3, 0.4) is 0 Å². The van der Waals surface area contributed by atoms with Crippen molar-refractivity contribution in [3.63, 3.8) is 0 Å². The quantitative estimate of drug-likeness (QED) is 0.749. The third-order valence-electron chi connectivity index (χ3n) is 4.76. The van der Waals surface area contributed by atoms with E-state index in [-0.39, 0.29) is 10.8 Å². The van der Waals surface area contributed by atoms with E-state index in [1.165, 1.54) is 6.20 Å². The molecule has 9 heteroatoms. The first kappa shape index (κ1) is 16.2. The Kier molecular flexibility index (Phi) is 3.84. The van der Waals surface area contributed by atoms with Crippen LogP contribution >= 0.6 is 0 Å². The van der Waals surface area contributed by atoms with Crippen molar-refractivity contribution in [3.8, 4) is 0 Å². The van der Waals surface area contributed by atoms with E-state index in [0.717, 1.165) is 36.3 Å². The molecule has 1 N–H and O–H groups in total. The predicted octanol–water partition coefficient (Wildman–Crippen LogP) is 1.01. The van der Waals surface area contributed by atoms with Gasteiger partial charge in [0.25, 0.3) is 0 Å². The summed E-state index contributed by atoms with van der Waals surface area (Å²) in [4.78, 5) is 8.75. The minimum atomic E-state index is -3.60. The molecule has 3 aromatic heterocycles. The Morgan fingerprint density at radius 2 is 2.20 bits per heavy atom. The van der Waals surface area contributed by atoms with Crippen molar-refractivity contribution in [2.24, 2.45) is 13.0 Å². The molecule has 0 saturated carbocycles. The van der Waals surface area contributed by atoms with Crippen LogP contribution in [0.2, 0.25) is 0 Å². The smallest absolute Gasteiger partial charge is 0.242 e. The van der Waals surface area contributed by atoms with Gasteiger partial charge in [0, 0.05) is 50.5 Å². The molecule has 1 atom stereocenters. The Bertz CT molecular complexity index is 1040. The molecule has 0 unspecified atom stereocenters. The lowest BCUT2D eigenvalue weighted by atomic mass is 9.98. The number of hydrogen-bond donors (Lipinski definition) is 1. The maximum absolute atomic E-state index is 12.6. The van der Waals surface area contributed by atoms with E-state index >= 15 is 0 Å². The highest BCUT2D eigenvalue weighted by Gasteiger charge is 2.23. The number of rotatable bonds is 4. The summed E-state index contributed by atoms with van der Waals surface area (Å²) in [5.41, 5.74) is 1.44. The standard InChI is InChI=1S/C16H20N6O2S/c1-11-14-8-13(10-18-16(14)21(2)20-11)25(23,24)19-9-12-3-5-22-6-4-17-15(22)7-12/h4,6,8,10,12,19H,3,5,7,9H2,1-2H3/t12-/m0/s1. The Morgan fingerprint density at radius 3 is 3.04 bits per heavy atom. The van der Waals surface area contributed by atoms with E-state index in [9.17, 15) is 8.42 Å². The molecular formula is C16H20N6O2S. The van der Waals surface area contributed by atoms with Gasteiger partial charge in [0.2, 0.25) is 10.0 Å². The normalized spacial score (nSPS) is 17.8. The molecule has 4 rings (SSSR count). The molecule has 0 radical (unpaired) electrons. The molecule has 4 heterocycles. The van der Waals surface area contributed by atoms with Crippen LogP contribution in [0.4, 0.5) is 0 Å². The molecule has 132 valence electrons. The van der Waals surface area contributed by atoms with Gasteiger partial charge in [-0.25, -0.2) is 23.1 Å². The van der Waals surface area contributed by atoms with E-state index < -0.39 is 10.0 Å². The van der Waals surface area contributed by atoms with Crippen molar-refractivity contribution in [1.82, 2.24) is 29.0 Å². The molecule has 8 nitrogen and oxygen atoms in total. The fraction of sp³-hybridized carbons (Fsp3) is 0.438. The zero-order valence-corrected chi connectivity index (χ0v) is 15.0. The maximum Gasteiger partial charge on any atom is 0.242 e. The van der Waals surface area contributed by atoms with Crippen molar-refractivity contribution in [2.45, 2.75) is 31.2 Å². The maximum atomic E-state index is 12.6. The molecule has 1 aliphatic rings. The van der Waals surface area contributed by atoms with Gasteiger partial charge in [-0.05, 0) is 25.3 Å². The number of hydrogen-bond acceptors (Lipinski definition) is 5. The minimum absolute atomic E-state index is 0.174. The first-order valence-electron chi connectivity index (χ1n) is 8.23. The molecule has 3 aromatic rings. The highest BCUT2D eigenvalue weighted by Crippen LogP contribution is 2.21. The lowest BCUT2D eigenvalue weighted by Gasteiger charge is -2.23. The lowest BCUT2D eigenvalue weighted by molar-refractivity contribution is 0.379. The Morgan fingerprint density at radius 1 is 1.36 bits per heavy atom. The van der Waals surface area contributed by atoms with Gasteiger partial charge in [-0.1, -0.05) is 0 Å². The van der Waals surface area contributed by atoms with Gasteiger partial charge in [0.05, 0.1) is 5.69 Å². The van der Waals surface area contributed by atoms with Gasteiger partial charge in [0.15, 0.2) is 5.65 Å². The van der Waals surface area contributed by atoms with Crippen LogP contribution in [0, 0.1) is 12.8 Å². The molecule has 0 bridgehead atoms. The van der Waals surface area contributed by atoms with Gasteiger partial charge in [-0.15, -0.1) is 0 Å². The second-order valence-corrected chi connectivity index (χ2v) is 8.27. The highest BCUT2D eigenvalue weighted by molar-refractivity contribution is 7.89. The SMILES string of the molecule is Cc1nn(C)c2ncc(S(=O)(=O)NC[C@H]3CCn4ccnc4C3)cc12. The monoisotopic (exact) mass is 360 g/mol. The first-order valence-corrected chi connectivity index (χ1v) is 9.71. The number of aryl methyl sites for hydroxylation is 3. The molecule has 0 saturated heterocycles. The van der Waals surface area contributed by atoms with Gasteiger partial charge in [0.1, 0.15) is 10.7 Å². The molecular weight excluding hydrogens is 340 g/mol. The Hall–Kier alpha value is -2.26. The van der Waals surface area contributed by atoms with Crippen molar-refractivity contribution in [3.05, 3.63) is 36.2 Å². The van der Waals surface area contributed by atoms with Gasteiger partial charge < -0.3 is 4.57 Å². The van der Waals surface area contributed by atoms with Crippen LogP contribution in [0.15, 0.2) is 29.6 Å². The summed E-state index contributed by atoms with van der Waals surface area (Å²) >= 11 is 0. The van der Waals surface area contributed by atoms with Crippen LogP contribution in [0.1, 0.15) is 17.9 Å². The average Bonchev–Trinajstić information content (AvgIpc) is 3.17. The van der Waals surface area contributed by atoms with Crippen molar-refractivity contribution in [1.29, 1.82) is 0 Å². The summed E-state index contributed by atoms with van der Waals surface area (Å²) in [5, 5.41) is 5.03. The molecule has 1 aliphatic heterocycles.